The Hall–Kier alpha value is -1.20. The van der Waals surface area contributed by atoms with Crippen LogP contribution in [0.2, 0.25) is 0 Å². The first kappa shape index (κ1) is 16.2. The van der Waals surface area contributed by atoms with Gasteiger partial charge in [-0.15, -0.1) is 0 Å². The van der Waals surface area contributed by atoms with Crippen LogP contribution in [0, 0.1) is 0 Å². The highest BCUT2D eigenvalue weighted by molar-refractivity contribution is 5.98. The quantitative estimate of drug-likeness (QED) is 0.439. The summed E-state index contributed by atoms with van der Waals surface area (Å²) < 4.78 is 14.0. The summed E-state index contributed by atoms with van der Waals surface area (Å²) in [6.07, 6.45) is 0. The van der Waals surface area contributed by atoms with E-state index < -0.39 is 6.48 Å². The van der Waals surface area contributed by atoms with Gasteiger partial charge in [-0.2, -0.15) is 0 Å². The third kappa shape index (κ3) is 19.3. The maximum absolute atomic E-state index is 8.82. The van der Waals surface area contributed by atoms with E-state index in [2.05, 4.69) is 29.2 Å². The molecule has 0 saturated carbocycles. The van der Waals surface area contributed by atoms with E-state index in [-0.39, 0.29) is 0 Å². The molecule has 0 amide bonds. The van der Waals surface area contributed by atoms with E-state index in [0.717, 1.165) is 16.2 Å². The summed E-state index contributed by atoms with van der Waals surface area (Å²) in [6.45, 7) is 14.1. The number of allylic oxidation sites excluding steroid dienone is 3. The number of ether oxygens (including phenoxy) is 2. The topological polar surface area (TPSA) is 47.9 Å². The molecule has 0 aromatic rings. The second-order valence-electron chi connectivity index (χ2n) is 2.85. The molecule has 0 aliphatic heterocycles. The van der Waals surface area contributed by atoms with Crippen LogP contribution in [0.1, 0.15) is 20.8 Å². The van der Waals surface area contributed by atoms with Crippen LogP contribution in [-0.4, -0.2) is 22.1 Å². The summed E-state index contributed by atoms with van der Waals surface area (Å²) in [5.41, 5.74) is 0. The first-order valence-corrected chi connectivity index (χ1v) is 5.13. The van der Waals surface area contributed by atoms with E-state index in [9.17, 15) is 0 Å². The molecule has 0 spiro atoms. The molecule has 0 aliphatic rings. The van der Waals surface area contributed by atoms with E-state index in [4.69, 9.17) is 9.53 Å². The molecular formula is C10H20O4Si. The smallest absolute Gasteiger partial charge is 0.357 e. The Balaban J connectivity index is 0. The lowest BCUT2D eigenvalue weighted by atomic mass is 10.6. The van der Waals surface area contributed by atoms with Gasteiger partial charge in [-0.1, -0.05) is 19.7 Å². The second-order valence-corrected chi connectivity index (χ2v) is 3.26. The van der Waals surface area contributed by atoms with Gasteiger partial charge in [-0.25, -0.2) is 0 Å². The van der Waals surface area contributed by atoms with Crippen molar-refractivity contribution in [1.82, 2.24) is 0 Å². The van der Waals surface area contributed by atoms with Crippen molar-refractivity contribution in [2.75, 3.05) is 0 Å². The van der Waals surface area contributed by atoms with Crippen molar-refractivity contribution in [3.63, 3.8) is 0 Å². The van der Waals surface area contributed by atoms with Crippen molar-refractivity contribution in [1.29, 1.82) is 0 Å². The van der Waals surface area contributed by atoms with Gasteiger partial charge >= 0.3 is 6.48 Å². The van der Waals surface area contributed by atoms with Crippen molar-refractivity contribution in [2.45, 2.75) is 27.2 Å². The highest BCUT2D eigenvalue weighted by Crippen LogP contribution is 2.02. The van der Waals surface area contributed by atoms with E-state index in [1.54, 1.807) is 13.8 Å². The summed E-state index contributed by atoms with van der Waals surface area (Å²) in [5, 5.41) is 8.82. The maximum Gasteiger partial charge on any atom is 0.357 e. The molecule has 0 saturated heterocycles. The van der Waals surface area contributed by atoms with Crippen LogP contribution in [0.15, 0.2) is 37.0 Å². The van der Waals surface area contributed by atoms with Crippen LogP contribution in [0.25, 0.3) is 0 Å². The van der Waals surface area contributed by atoms with Crippen molar-refractivity contribution >= 4 is 10.5 Å². The lowest BCUT2D eigenvalue weighted by Crippen LogP contribution is -2.13. The Morgan fingerprint density at radius 1 is 1.00 bits per heavy atom. The summed E-state index contributed by atoms with van der Waals surface area (Å²) in [6, 6.07) is 0. The van der Waals surface area contributed by atoms with Gasteiger partial charge in [0, 0.05) is 0 Å². The minimum absolute atomic E-state index is 0.397. The van der Waals surface area contributed by atoms with E-state index in [1.165, 1.54) is 0 Å². The number of aliphatic hydroxyl groups excluding tert-OH is 1. The Labute approximate surface area is 94.4 Å². The van der Waals surface area contributed by atoms with Gasteiger partial charge in [-0.05, 0) is 20.8 Å². The van der Waals surface area contributed by atoms with Crippen molar-refractivity contribution in [3.8, 4) is 0 Å². The Morgan fingerprint density at radius 2 is 1.27 bits per heavy atom. The third-order valence-corrected chi connectivity index (χ3v) is 1.65. The van der Waals surface area contributed by atoms with Crippen LogP contribution in [-0.2, 0) is 13.9 Å². The van der Waals surface area contributed by atoms with E-state index in [0.29, 0.717) is 11.5 Å². The fourth-order valence-corrected chi connectivity index (χ4v) is 0.368. The SMILES string of the molecule is C=C(C)OC(O)OC(=C)C.C=C(C)O[SiH3]. The largest absolute Gasteiger partial charge is 0.557 e. The van der Waals surface area contributed by atoms with Crippen LogP contribution < -0.4 is 0 Å². The van der Waals surface area contributed by atoms with E-state index in [1.807, 2.05) is 6.92 Å². The average Bonchev–Trinajstić information content (AvgIpc) is 2.01. The highest BCUT2D eigenvalue weighted by Gasteiger charge is 2.02. The Kier molecular flexibility index (Phi) is 10.1. The van der Waals surface area contributed by atoms with Gasteiger partial charge < -0.3 is 19.0 Å². The Morgan fingerprint density at radius 3 is 1.40 bits per heavy atom. The second kappa shape index (κ2) is 9.36. The first-order valence-electron chi connectivity index (χ1n) is 4.31. The van der Waals surface area contributed by atoms with Crippen LogP contribution in [0.5, 0.6) is 0 Å². The number of aliphatic hydroxyl groups is 1. The molecule has 88 valence electrons. The van der Waals surface area contributed by atoms with Gasteiger partial charge in [-0.3, -0.25) is 0 Å². The summed E-state index contributed by atoms with van der Waals surface area (Å²) >= 11 is 0. The van der Waals surface area contributed by atoms with Gasteiger partial charge in [0.2, 0.25) is 10.5 Å². The lowest BCUT2D eigenvalue weighted by molar-refractivity contribution is -0.222. The molecule has 0 atom stereocenters. The fraction of sp³-hybridized carbons (Fsp3) is 0.400. The predicted octanol–water partition coefficient (Wildman–Crippen LogP) is 1.18. The highest BCUT2D eigenvalue weighted by atomic mass is 28.2. The summed E-state index contributed by atoms with van der Waals surface area (Å²) in [4.78, 5) is 0. The number of rotatable bonds is 5. The molecule has 15 heavy (non-hydrogen) atoms. The molecule has 5 heteroatoms. The van der Waals surface area contributed by atoms with Crippen molar-refractivity contribution < 1.29 is 19.0 Å². The average molecular weight is 232 g/mol. The van der Waals surface area contributed by atoms with Crippen LogP contribution in [0.3, 0.4) is 0 Å². The van der Waals surface area contributed by atoms with Gasteiger partial charge in [0.1, 0.15) is 0 Å². The van der Waals surface area contributed by atoms with Crippen LogP contribution >= 0.6 is 0 Å². The summed E-state index contributed by atoms with van der Waals surface area (Å²) in [5.74, 6) is 1.61. The molecular weight excluding hydrogens is 212 g/mol. The van der Waals surface area contributed by atoms with Gasteiger partial charge in [0.15, 0.2) is 0 Å². The molecule has 0 bridgehead atoms. The third-order valence-electron chi connectivity index (χ3n) is 0.952. The first-order chi connectivity index (χ1) is 6.79. The fourth-order valence-electron chi connectivity index (χ4n) is 0.368. The zero-order chi connectivity index (χ0) is 12.4. The molecule has 4 nitrogen and oxygen atoms in total. The van der Waals surface area contributed by atoms with Gasteiger partial charge in [0.05, 0.1) is 17.3 Å². The standard InChI is InChI=1S/C7H12O3.C3H8OSi/c1-5(2)9-7(8)10-6(3)4;1-3(2)4-5/h7-8H,1,3H2,2,4H3;1H2,2,5H3. The van der Waals surface area contributed by atoms with Crippen molar-refractivity contribution in [2.24, 2.45) is 0 Å². The van der Waals surface area contributed by atoms with Gasteiger partial charge in [0.25, 0.3) is 0 Å². The minimum atomic E-state index is -1.28. The molecule has 0 aliphatic carbocycles. The molecule has 0 fully saturated rings. The predicted molar refractivity (Wildman–Crippen MR) is 63.6 cm³/mol. The molecule has 0 unspecified atom stereocenters. The van der Waals surface area contributed by atoms with Crippen LogP contribution in [0.4, 0.5) is 0 Å². The normalized spacial score (nSPS) is 8.60. The zero-order valence-corrected chi connectivity index (χ0v) is 11.9. The molecule has 1 N–H and O–H groups in total. The van der Waals surface area contributed by atoms with Crippen molar-refractivity contribution in [3.05, 3.63) is 37.0 Å². The number of hydrogen-bond donors (Lipinski definition) is 1. The van der Waals surface area contributed by atoms with E-state index >= 15 is 0 Å². The Bertz CT molecular complexity index is 209. The summed E-state index contributed by atoms with van der Waals surface area (Å²) in [7, 11) is 0.774. The lowest BCUT2D eigenvalue weighted by Gasteiger charge is -2.13. The molecule has 0 aromatic heterocycles. The molecule has 0 aromatic carbocycles. The number of hydrogen-bond acceptors (Lipinski definition) is 4. The molecule has 0 radical (unpaired) electrons. The monoisotopic (exact) mass is 232 g/mol. The molecule has 0 rings (SSSR count). The molecule has 0 heterocycles. The minimum Gasteiger partial charge on any atom is -0.557 e. The maximum atomic E-state index is 8.82. The zero-order valence-electron chi connectivity index (χ0n) is 9.87.